The van der Waals surface area contributed by atoms with Crippen LogP contribution in [-0.2, 0) is 28.5 Å². The van der Waals surface area contributed by atoms with Crippen LogP contribution in [0, 0.1) is 5.82 Å². The lowest BCUT2D eigenvalue weighted by Crippen LogP contribution is -2.59. The topological polar surface area (TPSA) is 96.3 Å². The molecule has 3 N–H and O–H groups in total. The zero-order valence-electron chi connectivity index (χ0n) is 20.8. The van der Waals surface area contributed by atoms with Crippen molar-refractivity contribution in [1.29, 1.82) is 0 Å². The summed E-state index contributed by atoms with van der Waals surface area (Å²) in [5.41, 5.74) is 4.05. The number of halogens is 1. The highest BCUT2D eigenvalue weighted by atomic mass is 19.1. The molecule has 6 rings (SSSR count). The highest BCUT2D eigenvalue weighted by Crippen LogP contribution is 2.42. The Bertz CT molecular complexity index is 1490. The maximum Gasteiger partial charge on any atom is 0.308 e. The van der Waals surface area contributed by atoms with Gasteiger partial charge in [-0.3, -0.25) is 19.8 Å². The minimum atomic E-state index is -0.893. The lowest BCUT2D eigenvalue weighted by molar-refractivity contribution is -0.144. The molecule has 0 saturated heterocycles. The number of carbonyl (C=O) groups excluding carboxylic acids is 1. The van der Waals surface area contributed by atoms with Gasteiger partial charge < -0.3 is 15.0 Å². The number of H-pyrrole nitrogens is 1. The molecule has 0 aliphatic carbocycles. The molecule has 190 valence electrons. The fourth-order valence-electron chi connectivity index (χ4n) is 5.66. The van der Waals surface area contributed by atoms with Crippen molar-refractivity contribution in [2.24, 2.45) is 12.0 Å². The normalized spacial score (nSPS) is 22.9. The van der Waals surface area contributed by atoms with Gasteiger partial charge in [0.05, 0.1) is 43.4 Å². The standard InChI is InChI=1S/C28H29FN6O2/c1-3-37-25(36)13-28(18-14-31-35(2)16-18)26-21(20-6-4-5-7-22(20)32-26)12-23(34-28)27-30-15-24(33-27)17-8-10-19(29)11-9-17/h4-11,14,16,23-24,32,34H,3,12-13,15H2,1-2H3,(H,30,33)/t23-,24?,28?/m1/s1. The van der Waals surface area contributed by atoms with Crippen molar-refractivity contribution < 1.29 is 13.9 Å². The van der Waals surface area contributed by atoms with E-state index < -0.39 is 5.54 Å². The fourth-order valence-corrected chi connectivity index (χ4v) is 5.66. The number of amidine groups is 1. The van der Waals surface area contributed by atoms with Gasteiger partial charge in [0.2, 0.25) is 0 Å². The first-order valence-corrected chi connectivity index (χ1v) is 12.6. The van der Waals surface area contributed by atoms with Crippen LogP contribution < -0.4 is 10.6 Å². The smallest absolute Gasteiger partial charge is 0.308 e. The van der Waals surface area contributed by atoms with Gasteiger partial charge >= 0.3 is 5.97 Å². The molecule has 2 aromatic heterocycles. The number of esters is 1. The van der Waals surface area contributed by atoms with E-state index in [4.69, 9.17) is 9.73 Å². The number of aromatic nitrogens is 3. The van der Waals surface area contributed by atoms with E-state index in [0.717, 1.165) is 39.1 Å². The van der Waals surface area contributed by atoms with Crippen molar-refractivity contribution in [2.45, 2.75) is 37.4 Å². The summed E-state index contributed by atoms with van der Waals surface area (Å²) in [5, 5.41) is 12.9. The Morgan fingerprint density at radius 2 is 2.00 bits per heavy atom. The summed E-state index contributed by atoms with van der Waals surface area (Å²) in [6, 6.07) is 14.5. The third kappa shape index (κ3) is 4.09. The lowest BCUT2D eigenvalue weighted by Gasteiger charge is -2.41. The molecule has 37 heavy (non-hydrogen) atoms. The number of aromatic amines is 1. The molecule has 8 nitrogen and oxygen atoms in total. The van der Waals surface area contributed by atoms with Gasteiger partial charge in [0.25, 0.3) is 0 Å². The van der Waals surface area contributed by atoms with E-state index in [2.05, 4.69) is 32.8 Å². The molecule has 0 bridgehead atoms. The van der Waals surface area contributed by atoms with Crippen molar-refractivity contribution in [3.63, 3.8) is 0 Å². The first kappa shape index (κ1) is 23.4. The number of fused-ring (bicyclic) bond motifs is 3. The predicted molar refractivity (Wildman–Crippen MR) is 139 cm³/mol. The summed E-state index contributed by atoms with van der Waals surface area (Å²) in [6.07, 6.45) is 4.52. The molecular formula is C28H29FN6O2. The number of carbonyl (C=O) groups is 1. The Kier molecular flexibility index (Phi) is 5.79. The number of aryl methyl sites for hydroxylation is 1. The number of benzene rings is 2. The molecule has 0 saturated carbocycles. The largest absolute Gasteiger partial charge is 0.466 e. The summed E-state index contributed by atoms with van der Waals surface area (Å²) < 4.78 is 20.7. The highest BCUT2D eigenvalue weighted by Gasteiger charge is 2.48. The minimum absolute atomic E-state index is 0.0420. The Hall–Kier alpha value is -3.98. The van der Waals surface area contributed by atoms with Crippen LogP contribution in [0.1, 0.15) is 41.8 Å². The second kappa shape index (κ2) is 9.15. The van der Waals surface area contributed by atoms with Gasteiger partial charge in [0.15, 0.2) is 0 Å². The maximum atomic E-state index is 13.5. The summed E-state index contributed by atoms with van der Waals surface area (Å²) in [4.78, 5) is 21.5. The van der Waals surface area contributed by atoms with Crippen molar-refractivity contribution in [3.8, 4) is 0 Å². The summed E-state index contributed by atoms with van der Waals surface area (Å²) in [7, 11) is 1.86. The van der Waals surface area contributed by atoms with Crippen LogP contribution in [0.4, 0.5) is 4.39 Å². The average molecular weight is 501 g/mol. The van der Waals surface area contributed by atoms with Crippen molar-refractivity contribution in [1.82, 2.24) is 25.4 Å². The second-order valence-corrected chi connectivity index (χ2v) is 9.69. The van der Waals surface area contributed by atoms with Crippen molar-refractivity contribution >= 4 is 22.7 Å². The number of rotatable bonds is 6. The van der Waals surface area contributed by atoms with Crippen LogP contribution in [0.25, 0.3) is 10.9 Å². The van der Waals surface area contributed by atoms with Crippen LogP contribution in [-0.4, -0.2) is 45.8 Å². The van der Waals surface area contributed by atoms with Gasteiger partial charge in [0.1, 0.15) is 11.7 Å². The van der Waals surface area contributed by atoms with Gasteiger partial charge in [0, 0.05) is 35.4 Å². The average Bonchev–Trinajstić information content (AvgIpc) is 3.63. The zero-order valence-corrected chi connectivity index (χ0v) is 20.8. The number of hydrogen-bond acceptors (Lipinski definition) is 6. The SMILES string of the molecule is CCOC(=O)CC1(c2cnn(C)c2)N[C@@H](C2=NCC(c3ccc(F)cc3)N2)Cc2c1[nH]c1ccccc21. The monoisotopic (exact) mass is 500 g/mol. The number of hydrogen-bond donors (Lipinski definition) is 3. The maximum absolute atomic E-state index is 13.5. The molecule has 9 heteroatoms. The molecule has 2 unspecified atom stereocenters. The molecule has 2 aliphatic rings. The first-order valence-electron chi connectivity index (χ1n) is 12.6. The number of nitrogens with zero attached hydrogens (tertiary/aromatic N) is 3. The number of para-hydroxylation sites is 1. The third-order valence-corrected chi connectivity index (χ3v) is 7.35. The van der Waals surface area contributed by atoms with Crippen molar-refractivity contribution in [3.05, 3.63) is 89.1 Å². The third-order valence-electron chi connectivity index (χ3n) is 7.35. The Balaban J connectivity index is 1.44. The zero-order chi connectivity index (χ0) is 25.6. The van der Waals surface area contributed by atoms with E-state index in [-0.39, 0.29) is 30.3 Å². The van der Waals surface area contributed by atoms with Crippen LogP contribution in [0.15, 0.2) is 65.9 Å². The summed E-state index contributed by atoms with van der Waals surface area (Å²) in [6.45, 7) is 2.67. The molecule has 4 aromatic rings. The van der Waals surface area contributed by atoms with Crippen molar-refractivity contribution in [2.75, 3.05) is 13.2 Å². The van der Waals surface area contributed by atoms with Crippen LogP contribution in [0.5, 0.6) is 0 Å². The van der Waals surface area contributed by atoms with Crippen LogP contribution in [0.3, 0.4) is 0 Å². The number of aliphatic imine (C=N–C) groups is 1. The minimum Gasteiger partial charge on any atom is -0.466 e. The molecule has 2 aliphatic heterocycles. The Labute approximate surface area is 213 Å². The van der Waals surface area contributed by atoms with Gasteiger partial charge in [-0.1, -0.05) is 30.3 Å². The Morgan fingerprint density at radius 3 is 2.76 bits per heavy atom. The first-order chi connectivity index (χ1) is 18.0. The molecule has 4 heterocycles. The van der Waals surface area contributed by atoms with Gasteiger partial charge in [-0.2, -0.15) is 5.10 Å². The van der Waals surface area contributed by atoms with Crippen LogP contribution >= 0.6 is 0 Å². The molecule has 0 spiro atoms. The van der Waals surface area contributed by atoms with E-state index in [1.807, 2.05) is 32.3 Å². The predicted octanol–water partition coefficient (Wildman–Crippen LogP) is 3.49. The molecule has 0 radical (unpaired) electrons. The number of ether oxygens (including phenoxy) is 1. The lowest BCUT2D eigenvalue weighted by atomic mass is 9.77. The van der Waals surface area contributed by atoms with E-state index in [1.54, 1.807) is 23.0 Å². The quantitative estimate of drug-likeness (QED) is 0.352. The van der Waals surface area contributed by atoms with Gasteiger partial charge in [-0.05, 0) is 42.7 Å². The van der Waals surface area contributed by atoms with E-state index >= 15 is 0 Å². The summed E-state index contributed by atoms with van der Waals surface area (Å²) >= 11 is 0. The molecule has 3 atom stereocenters. The molecule has 0 fully saturated rings. The number of nitrogens with one attached hydrogen (secondary N) is 3. The highest BCUT2D eigenvalue weighted by molar-refractivity contribution is 5.93. The molecule has 2 aromatic carbocycles. The second-order valence-electron chi connectivity index (χ2n) is 9.69. The molecule has 0 amide bonds. The molecular weight excluding hydrogens is 471 g/mol. The fraction of sp³-hybridized carbons (Fsp3) is 0.321. The van der Waals surface area contributed by atoms with E-state index in [0.29, 0.717) is 19.6 Å². The van der Waals surface area contributed by atoms with E-state index in [1.165, 1.54) is 12.1 Å². The van der Waals surface area contributed by atoms with Gasteiger partial charge in [-0.25, -0.2) is 4.39 Å². The Morgan fingerprint density at radius 1 is 1.19 bits per heavy atom. The van der Waals surface area contributed by atoms with Crippen LogP contribution in [0.2, 0.25) is 0 Å². The van der Waals surface area contributed by atoms with Gasteiger partial charge in [-0.15, -0.1) is 0 Å². The van der Waals surface area contributed by atoms with E-state index in [9.17, 15) is 9.18 Å². The summed E-state index contributed by atoms with van der Waals surface area (Å²) in [5.74, 6) is 0.265.